The van der Waals surface area contributed by atoms with Gasteiger partial charge in [-0.1, -0.05) is 52.3 Å². The summed E-state index contributed by atoms with van der Waals surface area (Å²) < 4.78 is 5.33. The van der Waals surface area contributed by atoms with Crippen LogP contribution in [-0.2, 0) is 16.1 Å². The number of amides is 2. The third-order valence-corrected chi connectivity index (χ3v) is 4.91. The van der Waals surface area contributed by atoms with Crippen molar-refractivity contribution < 1.29 is 14.1 Å². The number of aryl methyl sites for hydroxylation is 1. The molecule has 0 saturated carbocycles. The summed E-state index contributed by atoms with van der Waals surface area (Å²) in [5.41, 5.74) is 2.44. The maximum absolute atomic E-state index is 12.9. The fourth-order valence-electron chi connectivity index (χ4n) is 3.54. The van der Waals surface area contributed by atoms with Crippen LogP contribution in [0.15, 0.2) is 69.5 Å². The van der Waals surface area contributed by atoms with Crippen molar-refractivity contribution in [1.29, 1.82) is 0 Å². The summed E-state index contributed by atoms with van der Waals surface area (Å²) in [5, 5.41) is 13.4. The molecule has 1 saturated heterocycles. The van der Waals surface area contributed by atoms with E-state index >= 15 is 0 Å². The minimum atomic E-state index is -0.859. The molecule has 2 amide bonds. The Morgan fingerprint density at radius 1 is 1.03 bits per heavy atom. The lowest BCUT2D eigenvalue weighted by Gasteiger charge is -2.19. The van der Waals surface area contributed by atoms with E-state index in [9.17, 15) is 9.59 Å². The Kier molecular flexibility index (Phi) is 3.94. The Morgan fingerprint density at radius 2 is 1.86 bits per heavy atom. The lowest BCUT2D eigenvalue weighted by molar-refractivity contribution is -0.123. The highest BCUT2D eigenvalue weighted by Crippen LogP contribution is 2.32. The quantitative estimate of drug-likeness (QED) is 0.636. The highest BCUT2D eigenvalue weighted by atomic mass is 16.5. The van der Waals surface area contributed by atoms with Gasteiger partial charge in [-0.05, 0) is 25.1 Å². The Balaban J connectivity index is 1.37. The first kappa shape index (κ1) is 17.2. The number of rotatable bonds is 4. The van der Waals surface area contributed by atoms with Crippen LogP contribution in [0.3, 0.4) is 0 Å². The summed E-state index contributed by atoms with van der Waals surface area (Å²) in [6, 6.07) is 14.9. The molecule has 2 aromatic carbocycles. The van der Waals surface area contributed by atoms with Gasteiger partial charge in [0, 0.05) is 5.56 Å². The van der Waals surface area contributed by atoms with Crippen LogP contribution < -0.4 is 4.90 Å². The minimum Gasteiger partial charge on any atom is -0.337 e. The fraction of sp³-hybridized carbons (Fsp3) is 0.200. The molecule has 144 valence electrons. The average molecular weight is 388 g/mol. The van der Waals surface area contributed by atoms with Crippen molar-refractivity contribution in [2.45, 2.75) is 25.6 Å². The second-order valence-electron chi connectivity index (χ2n) is 6.92. The van der Waals surface area contributed by atoms with Gasteiger partial charge < -0.3 is 4.52 Å². The molecule has 9 nitrogen and oxygen atoms in total. The smallest absolute Gasteiger partial charge is 0.263 e. The van der Waals surface area contributed by atoms with Crippen molar-refractivity contribution in [2.24, 2.45) is 10.3 Å². The zero-order valence-electron chi connectivity index (χ0n) is 15.5. The SMILES string of the molecule is Cc1cccc(-c2noc(CN3N=N[C@@H]4C(=O)N(c5ccccc5)C(=O)[C@@H]43)n2)c1. The maximum atomic E-state index is 12.9. The van der Waals surface area contributed by atoms with Crippen LogP contribution >= 0.6 is 0 Å². The van der Waals surface area contributed by atoms with E-state index in [1.807, 2.05) is 37.3 Å². The van der Waals surface area contributed by atoms with Gasteiger partial charge in [-0.3, -0.25) is 14.6 Å². The monoisotopic (exact) mass is 388 g/mol. The van der Waals surface area contributed by atoms with Crippen LogP contribution in [0.5, 0.6) is 0 Å². The Bertz CT molecular complexity index is 1130. The Morgan fingerprint density at radius 3 is 2.66 bits per heavy atom. The van der Waals surface area contributed by atoms with Gasteiger partial charge in [0.25, 0.3) is 11.8 Å². The molecule has 2 atom stereocenters. The molecule has 29 heavy (non-hydrogen) atoms. The molecular formula is C20H16N6O3. The second-order valence-corrected chi connectivity index (χ2v) is 6.92. The summed E-state index contributed by atoms with van der Waals surface area (Å²) in [4.78, 5) is 31.2. The van der Waals surface area contributed by atoms with Crippen molar-refractivity contribution in [2.75, 3.05) is 4.90 Å². The first-order valence-corrected chi connectivity index (χ1v) is 9.12. The van der Waals surface area contributed by atoms with Crippen molar-refractivity contribution in [3.63, 3.8) is 0 Å². The minimum absolute atomic E-state index is 0.0884. The number of carbonyl (C=O) groups is 2. The number of hydrogen-bond donors (Lipinski definition) is 0. The summed E-state index contributed by atoms with van der Waals surface area (Å²) >= 11 is 0. The molecule has 0 spiro atoms. The van der Waals surface area contributed by atoms with E-state index in [1.165, 1.54) is 5.01 Å². The average Bonchev–Trinajstić information content (AvgIpc) is 3.41. The molecule has 0 bridgehead atoms. The van der Waals surface area contributed by atoms with Crippen molar-refractivity contribution >= 4 is 17.5 Å². The molecule has 3 heterocycles. The Hall–Kier alpha value is -3.88. The van der Waals surface area contributed by atoms with Crippen molar-refractivity contribution in [3.05, 3.63) is 66.1 Å². The van der Waals surface area contributed by atoms with E-state index in [1.54, 1.807) is 24.3 Å². The number of fused-ring (bicyclic) bond motifs is 1. The third kappa shape index (κ3) is 2.87. The van der Waals surface area contributed by atoms with E-state index in [2.05, 4.69) is 20.5 Å². The number of aromatic nitrogens is 2. The van der Waals surface area contributed by atoms with Gasteiger partial charge in [-0.15, -0.1) is 0 Å². The molecule has 5 rings (SSSR count). The van der Waals surface area contributed by atoms with Gasteiger partial charge in [-0.2, -0.15) is 10.1 Å². The topological polar surface area (TPSA) is 104 Å². The second kappa shape index (κ2) is 6.62. The van der Waals surface area contributed by atoms with Crippen LogP contribution in [0, 0.1) is 6.92 Å². The van der Waals surface area contributed by atoms with Gasteiger partial charge in [0.1, 0.15) is 6.54 Å². The fourth-order valence-corrected chi connectivity index (χ4v) is 3.54. The van der Waals surface area contributed by atoms with Crippen molar-refractivity contribution in [3.8, 4) is 11.4 Å². The molecule has 0 aliphatic carbocycles. The number of hydrogen-bond acceptors (Lipinski definition) is 8. The van der Waals surface area contributed by atoms with Crippen LogP contribution in [0.1, 0.15) is 11.5 Å². The third-order valence-electron chi connectivity index (χ3n) is 4.91. The van der Waals surface area contributed by atoms with Gasteiger partial charge in [0.05, 0.1) is 5.69 Å². The van der Waals surface area contributed by atoms with E-state index in [-0.39, 0.29) is 18.4 Å². The highest BCUT2D eigenvalue weighted by molar-refractivity contribution is 6.25. The summed E-state index contributed by atoms with van der Waals surface area (Å²) in [6.45, 7) is 2.07. The predicted octanol–water partition coefficient (Wildman–Crippen LogP) is 2.54. The number of imide groups is 1. The largest absolute Gasteiger partial charge is 0.337 e. The molecular weight excluding hydrogens is 372 g/mol. The lowest BCUT2D eigenvalue weighted by atomic mass is 10.1. The molecule has 9 heteroatoms. The zero-order valence-corrected chi connectivity index (χ0v) is 15.5. The van der Waals surface area contributed by atoms with Crippen LogP contribution in [0.25, 0.3) is 11.4 Å². The van der Waals surface area contributed by atoms with Crippen LogP contribution in [-0.4, -0.2) is 39.0 Å². The summed E-state index contributed by atoms with van der Waals surface area (Å²) in [6.07, 6.45) is 0. The van der Waals surface area contributed by atoms with Crippen LogP contribution in [0.2, 0.25) is 0 Å². The van der Waals surface area contributed by atoms with E-state index in [0.717, 1.165) is 16.0 Å². The molecule has 1 fully saturated rings. The lowest BCUT2D eigenvalue weighted by Crippen LogP contribution is -2.39. The molecule has 2 aliphatic rings. The normalized spacial score (nSPS) is 20.6. The molecule has 3 aromatic rings. The first-order chi connectivity index (χ1) is 14.1. The maximum Gasteiger partial charge on any atom is 0.263 e. The number of nitrogens with zero attached hydrogens (tertiary/aromatic N) is 6. The summed E-state index contributed by atoms with van der Waals surface area (Å²) in [5.74, 6) is -0.00584. The van der Waals surface area contributed by atoms with Gasteiger partial charge in [0.15, 0.2) is 12.1 Å². The van der Waals surface area contributed by atoms with Gasteiger partial charge >= 0.3 is 0 Å². The number of anilines is 1. The van der Waals surface area contributed by atoms with E-state index in [4.69, 9.17) is 4.52 Å². The first-order valence-electron chi connectivity index (χ1n) is 9.12. The van der Waals surface area contributed by atoms with Crippen LogP contribution in [0.4, 0.5) is 5.69 Å². The standard InChI is InChI=1S/C20H16N6O3/c1-12-6-5-7-13(10-12)18-21-15(29-23-18)11-25-17-16(22-24-25)19(27)26(20(17)28)14-8-3-2-4-9-14/h2-10,16-17H,11H2,1H3/t16-,17+/m0/s1. The number of benzene rings is 2. The molecule has 0 N–H and O–H groups in total. The van der Waals surface area contributed by atoms with Gasteiger partial charge in [-0.25, -0.2) is 4.90 Å². The van der Waals surface area contributed by atoms with Gasteiger partial charge in [0.2, 0.25) is 11.7 Å². The van der Waals surface area contributed by atoms with Crippen molar-refractivity contribution in [1.82, 2.24) is 15.1 Å². The Labute approximate surface area is 165 Å². The molecule has 0 unspecified atom stereocenters. The molecule has 1 aromatic heterocycles. The molecule has 0 radical (unpaired) electrons. The highest BCUT2D eigenvalue weighted by Gasteiger charge is 2.55. The number of para-hydroxylation sites is 1. The summed E-state index contributed by atoms with van der Waals surface area (Å²) in [7, 11) is 0. The molecule has 2 aliphatic heterocycles. The van der Waals surface area contributed by atoms with E-state index < -0.39 is 12.1 Å². The predicted molar refractivity (Wildman–Crippen MR) is 101 cm³/mol. The zero-order chi connectivity index (χ0) is 20.0. The number of carbonyl (C=O) groups excluding carboxylic acids is 2. The van der Waals surface area contributed by atoms with E-state index in [0.29, 0.717) is 17.4 Å².